The number of nitrogens with zero attached hydrogens (tertiary/aromatic N) is 2. The quantitative estimate of drug-likeness (QED) is 0.796. The van der Waals surface area contributed by atoms with Gasteiger partial charge in [0, 0.05) is 31.7 Å². The minimum absolute atomic E-state index is 0.0599. The Morgan fingerprint density at radius 2 is 1.89 bits per heavy atom. The summed E-state index contributed by atoms with van der Waals surface area (Å²) in [6.07, 6.45) is 4.12. The lowest BCUT2D eigenvalue weighted by molar-refractivity contribution is 0.0893. The first-order valence-corrected chi connectivity index (χ1v) is 11.4. The highest BCUT2D eigenvalue weighted by Crippen LogP contribution is 2.26. The lowest BCUT2D eigenvalue weighted by Crippen LogP contribution is -2.45. The van der Waals surface area contributed by atoms with Crippen LogP contribution in [0.4, 0.5) is 0 Å². The van der Waals surface area contributed by atoms with Gasteiger partial charge in [0.05, 0.1) is 0 Å². The van der Waals surface area contributed by atoms with E-state index in [-0.39, 0.29) is 28.4 Å². The molecule has 2 aliphatic heterocycles. The van der Waals surface area contributed by atoms with E-state index in [0.717, 1.165) is 31.8 Å². The molecule has 3 heterocycles. The predicted octanol–water partition coefficient (Wildman–Crippen LogP) is 2.22. The Morgan fingerprint density at radius 3 is 2.52 bits per heavy atom. The van der Waals surface area contributed by atoms with Gasteiger partial charge in [-0.25, -0.2) is 8.42 Å². The third-order valence-corrected chi connectivity index (χ3v) is 7.78. The zero-order valence-corrected chi connectivity index (χ0v) is 17.3. The van der Waals surface area contributed by atoms with Crippen LogP contribution in [0.3, 0.4) is 0 Å². The molecule has 8 heteroatoms. The van der Waals surface area contributed by atoms with E-state index in [0.29, 0.717) is 19.6 Å². The van der Waals surface area contributed by atoms with Crippen molar-refractivity contribution in [2.24, 2.45) is 5.92 Å². The normalized spacial score (nSPS) is 21.4. The first-order chi connectivity index (χ1) is 12.8. The number of amides is 1. The molecule has 2 fully saturated rings. The van der Waals surface area contributed by atoms with Crippen LogP contribution in [0, 0.1) is 12.8 Å². The number of carbonyl (C=O) groups is 1. The van der Waals surface area contributed by atoms with E-state index in [9.17, 15) is 13.2 Å². The fourth-order valence-electron chi connectivity index (χ4n) is 3.83. The highest BCUT2D eigenvalue weighted by Gasteiger charge is 2.32. The van der Waals surface area contributed by atoms with Crippen molar-refractivity contribution in [3.63, 3.8) is 0 Å². The molecule has 0 radical (unpaired) electrons. The van der Waals surface area contributed by atoms with Crippen molar-refractivity contribution in [1.82, 2.24) is 14.5 Å². The molecule has 3 rings (SSSR count). The molecule has 2 saturated heterocycles. The highest BCUT2D eigenvalue weighted by atomic mass is 32.2. The van der Waals surface area contributed by atoms with Crippen molar-refractivity contribution in [2.75, 3.05) is 32.7 Å². The third-order valence-electron chi connectivity index (χ3n) is 5.78. The molecule has 0 aromatic carbocycles. The van der Waals surface area contributed by atoms with Crippen LogP contribution in [-0.4, -0.2) is 62.3 Å². The molecule has 0 bridgehead atoms. The second-order valence-electron chi connectivity index (χ2n) is 7.92. The van der Waals surface area contributed by atoms with Crippen LogP contribution in [0.25, 0.3) is 0 Å². The number of furan rings is 1. The zero-order valence-electron chi connectivity index (χ0n) is 16.5. The first-order valence-electron chi connectivity index (χ1n) is 9.92. The Labute approximate surface area is 162 Å². The number of sulfonamides is 1. The van der Waals surface area contributed by atoms with Gasteiger partial charge in [0.25, 0.3) is 5.91 Å². The molecular weight excluding hydrogens is 366 g/mol. The van der Waals surface area contributed by atoms with Gasteiger partial charge < -0.3 is 9.73 Å². The number of likely N-dealkylation sites (tertiary alicyclic amines) is 1. The Hall–Kier alpha value is -1.38. The lowest BCUT2D eigenvalue weighted by Gasteiger charge is -2.34. The number of hydrogen-bond donors (Lipinski definition) is 1. The van der Waals surface area contributed by atoms with Crippen LogP contribution in [0.5, 0.6) is 0 Å². The maximum atomic E-state index is 12.7. The molecule has 0 spiro atoms. The summed E-state index contributed by atoms with van der Waals surface area (Å²) in [5.41, 5.74) is 0. The number of rotatable bonds is 6. The van der Waals surface area contributed by atoms with Gasteiger partial charge in [-0.3, -0.25) is 9.69 Å². The van der Waals surface area contributed by atoms with E-state index < -0.39 is 10.0 Å². The molecule has 27 heavy (non-hydrogen) atoms. The van der Waals surface area contributed by atoms with Gasteiger partial charge in [-0.2, -0.15) is 4.31 Å². The van der Waals surface area contributed by atoms with Crippen LogP contribution < -0.4 is 5.32 Å². The van der Waals surface area contributed by atoms with Crippen molar-refractivity contribution < 1.29 is 17.6 Å². The van der Waals surface area contributed by atoms with Crippen molar-refractivity contribution in [1.29, 1.82) is 0 Å². The number of hydrogen-bond acceptors (Lipinski definition) is 5. The zero-order chi connectivity index (χ0) is 19.6. The van der Waals surface area contributed by atoms with E-state index in [1.807, 2.05) is 0 Å². The molecule has 1 aromatic rings. The monoisotopic (exact) mass is 397 g/mol. The smallest absolute Gasteiger partial charge is 0.287 e. The van der Waals surface area contributed by atoms with E-state index in [1.54, 1.807) is 6.92 Å². The van der Waals surface area contributed by atoms with Gasteiger partial charge in [-0.1, -0.05) is 6.92 Å². The summed E-state index contributed by atoms with van der Waals surface area (Å²) >= 11 is 0. The summed E-state index contributed by atoms with van der Waals surface area (Å²) in [4.78, 5) is 15.0. The second kappa shape index (κ2) is 8.32. The van der Waals surface area contributed by atoms with E-state index in [1.165, 1.54) is 23.2 Å². The summed E-state index contributed by atoms with van der Waals surface area (Å²) in [5, 5.41) is 2.89. The molecule has 1 N–H and O–H groups in total. The minimum atomic E-state index is -3.58. The van der Waals surface area contributed by atoms with Crippen LogP contribution in [0.15, 0.2) is 15.4 Å². The number of carbonyl (C=O) groups excluding carboxylic acids is 1. The number of piperidine rings is 1. The minimum Gasteiger partial charge on any atom is -0.455 e. The molecule has 1 atom stereocenters. The molecule has 0 aliphatic carbocycles. The highest BCUT2D eigenvalue weighted by molar-refractivity contribution is 7.89. The molecule has 7 nitrogen and oxygen atoms in total. The van der Waals surface area contributed by atoms with Gasteiger partial charge >= 0.3 is 0 Å². The molecule has 0 saturated carbocycles. The van der Waals surface area contributed by atoms with Crippen molar-refractivity contribution >= 4 is 15.9 Å². The standard InChI is InChI=1S/C19H31N3O4S/c1-14-6-10-21(11-7-14)15(2)13-20-19(23)17-12-18(16(3)26-17)27(24,25)22-8-4-5-9-22/h12,14-15H,4-11,13H2,1-3H3,(H,20,23). The fourth-order valence-corrected chi connectivity index (χ4v) is 5.50. The van der Waals surface area contributed by atoms with Crippen LogP contribution >= 0.6 is 0 Å². The lowest BCUT2D eigenvalue weighted by atomic mass is 9.98. The van der Waals surface area contributed by atoms with Gasteiger partial charge in [0.1, 0.15) is 10.7 Å². The van der Waals surface area contributed by atoms with Gasteiger partial charge in [0.15, 0.2) is 5.76 Å². The SMILES string of the molecule is Cc1oc(C(=O)NCC(C)N2CCC(C)CC2)cc1S(=O)(=O)N1CCCC1. The largest absolute Gasteiger partial charge is 0.455 e. The average Bonchev–Trinajstić information content (AvgIpc) is 3.30. The van der Waals surface area contributed by atoms with Crippen LogP contribution in [-0.2, 0) is 10.0 Å². The van der Waals surface area contributed by atoms with Crippen molar-refractivity contribution in [3.05, 3.63) is 17.6 Å². The van der Waals surface area contributed by atoms with Crippen LogP contribution in [0.2, 0.25) is 0 Å². The summed E-state index contributed by atoms with van der Waals surface area (Å²) < 4.78 is 32.4. The second-order valence-corrected chi connectivity index (χ2v) is 9.83. The molecule has 1 amide bonds. The summed E-state index contributed by atoms with van der Waals surface area (Å²) in [7, 11) is -3.58. The average molecular weight is 398 g/mol. The van der Waals surface area contributed by atoms with Gasteiger partial charge in [0.2, 0.25) is 10.0 Å². The van der Waals surface area contributed by atoms with Crippen LogP contribution in [0.1, 0.15) is 55.8 Å². The summed E-state index contributed by atoms with van der Waals surface area (Å²) in [6.45, 7) is 9.65. The molecular formula is C19H31N3O4S. The Morgan fingerprint density at radius 1 is 1.26 bits per heavy atom. The Kier molecular flexibility index (Phi) is 6.28. The summed E-state index contributed by atoms with van der Waals surface area (Å²) in [6, 6.07) is 1.61. The molecule has 2 aliphatic rings. The topological polar surface area (TPSA) is 82.9 Å². The van der Waals surface area contributed by atoms with Gasteiger partial charge in [-0.05, 0) is 58.5 Å². The fraction of sp³-hybridized carbons (Fsp3) is 0.737. The van der Waals surface area contributed by atoms with E-state index >= 15 is 0 Å². The van der Waals surface area contributed by atoms with Crippen molar-refractivity contribution in [3.8, 4) is 0 Å². The van der Waals surface area contributed by atoms with Crippen molar-refractivity contribution in [2.45, 2.75) is 57.4 Å². The maximum absolute atomic E-state index is 12.7. The molecule has 1 unspecified atom stereocenters. The van der Waals surface area contributed by atoms with E-state index in [4.69, 9.17) is 4.42 Å². The number of aryl methyl sites for hydroxylation is 1. The maximum Gasteiger partial charge on any atom is 0.287 e. The Bertz CT molecular complexity index is 760. The third kappa shape index (κ3) is 4.55. The first kappa shape index (κ1) is 20.4. The predicted molar refractivity (Wildman–Crippen MR) is 103 cm³/mol. The number of nitrogens with one attached hydrogen (secondary N) is 1. The molecule has 1 aromatic heterocycles. The van der Waals surface area contributed by atoms with E-state index in [2.05, 4.69) is 24.1 Å². The van der Waals surface area contributed by atoms with Gasteiger partial charge in [-0.15, -0.1) is 0 Å². The molecule has 152 valence electrons. The summed E-state index contributed by atoms with van der Waals surface area (Å²) in [5.74, 6) is 0.734. The Balaban J connectivity index is 1.61.